The standard InChI is InChI=1S/C10H14N4O/c1-8(10-4-3-5-15-10)11-6-9-7-12-13-14(9)2/h3-5,7-8,11H,6H2,1-2H3. The van der Waals surface area contributed by atoms with Crippen LogP contribution in [0, 0.1) is 0 Å². The number of nitrogens with one attached hydrogen (secondary N) is 1. The maximum absolute atomic E-state index is 5.29. The van der Waals surface area contributed by atoms with Crippen molar-refractivity contribution in [3.05, 3.63) is 36.0 Å². The molecule has 2 aromatic heterocycles. The van der Waals surface area contributed by atoms with Gasteiger partial charge in [0.15, 0.2) is 0 Å². The van der Waals surface area contributed by atoms with E-state index in [2.05, 4.69) is 22.6 Å². The van der Waals surface area contributed by atoms with Gasteiger partial charge in [-0.15, -0.1) is 5.10 Å². The molecular formula is C10H14N4O. The van der Waals surface area contributed by atoms with Crippen LogP contribution in [-0.4, -0.2) is 15.0 Å². The lowest BCUT2D eigenvalue weighted by Gasteiger charge is -2.10. The van der Waals surface area contributed by atoms with Gasteiger partial charge in [-0.3, -0.25) is 4.68 Å². The van der Waals surface area contributed by atoms with Crippen molar-refractivity contribution >= 4 is 0 Å². The molecule has 0 saturated carbocycles. The van der Waals surface area contributed by atoms with E-state index >= 15 is 0 Å². The van der Waals surface area contributed by atoms with Crippen LogP contribution in [0.2, 0.25) is 0 Å². The highest BCUT2D eigenvalue weighted by molar-refractivity contribution is 5.03. The number of aryl methyl sites for hydroxylation is 1. The first-order valence-electron chi connectivity index (χ1n) is 4.87. The molecule has 0 spiro atoms. The Kier molecular flexibility index (Phi) is 2.82. The second-order valence-electron chi connectivity index (χ2n) is 3.47. The maximum Gasteiger partial charge on any atom is 0.120 e. The molecule has 0 saturated heterocycles. The molecule has 0 amide bonds. The predicted molar refractivity (Wildman–Crippen MR) is 55.0 cm³/mol. The molecule has 0 aromatic carbocycles. The van der Waals surface area contributed by atoms with Crippen molar-refractivity contribution in [2.45, 2.75) is 19.5 Å². The van der Waals surface area contributed by atoms with Crippen LogP contribution in [0.25, 0.3) is 0 Å². The fraction of sp³-hybridized carbons (Fsp3) is 0.400. The summed E-state index contributed by atoms with van der Waals surface area (Å²) in [5, 5.41) is 11.0. The minimum atomic E-state index is 0.190. The van der Waals surface area contributed by atoms with Crippen LogP contribution in [0.1, 0.15) is 24.4 Å². The molecule has 0 aliphatic rings. The number of furan rings is 1. The molecule has 0 radical (unpaired) electrons. The minimum Gasteiger partial charge on any atom is -0.468 e. The molecule has 0 bridgehead atoms. The summed E-state index contributed by atoms with van der Waals surface area (Å²) in [5.74, 6) is 0.935. The highest BCUT2D eigenvalue weighted by Crippen LogP contribution is 2.12. The molecule has 80 valence electrons. The third-order valence-corrected chi connectivity index (χ3v) is 2.37. The molecular weight excluding hydrogens is 192 g/mol. The van der Waals surface area contributed by atoms with E-state index in [1.165, 1.54) is 0 Å². The average Bonchev–Trinajstić information content (AvgIpc) is 2.85. The van der Waals surface area contributed by atoms with Gasteiger partial charge in [0.2, 0.25) is 0 Å². The molecule has 2 aromatic rings. The Morgan fingerprint density at radius 3 is 3.07 bits per heavy atom. The van der Waals surface area contributed by atoms with E-state index < -0.39 is 0 Å². The summed E-state index contributed by atoms with van der Waals surface area (Å²) in [5.41, 5.74) is 1.05. The molecule has 1 unspecified atom stereocenters. The van der Waals surface area contributed by atoms with Gasteiger partial charge in [-0.1, -0.05) is 5.21 Å². The number of hydrogen-bond acceptors (Lipinski definition) is 4. The fourth-order valence-corrected chi connectivity index (χ4v) is 1.37. The van der Waals surface area contributed by atoms with Crippen LogP contribution < -0.4 is 5.32 Å². The van der Waals surface area contributed by atoms with Crippen molar-refractivity contribution in [3.8, 4) is 0 Å². The monoisotopic (exact) mass is 206 g/mol. The Balaban J connectivity index is 1.91. The third kappa shape index (κ3) is 2.24. The zero-order chi connectivity index (χ0) is 10.7. The zero-order valence-corrected chi connectivity index (χ0v) is 8.84. The van der Waals surface area contributed by atoms with Crippen LogP contribution in [0.4, 0.5) is 0 Å². The predicted octanol–water partition coefficient (Wildman–Crippen LogP) is 1.26. The molecule has 5 heteroatoms. The number of hydrogen-bond donors (Lipinski definition) is 1. The smallest absolute Gasteiger partial charge is 0.120 e. The van der Waals surface area contributed by atoms with E-state index in [9.17, 15) is 0 Å². The number of rotatable bonds is 4. The highest BCUT2D eigenvalue weighted by atomic mass is 16.3. The second kappa shape index (κ2) is 4.27. The van der Waals surface area contributed by atoms with Gasteiger partial charge in [0, 0.05) is 13.6 Å². The Morgan fingerprint density at radius 2 is 2.47 bits per heavy atom. The van der Waals surface area contributed by atoms with E-state index in [0.717, 1.165) is 18.0 Å². The number of aromatic nitrogens is 3. The Hall–Kier alpha value is -1.62. The average molecular weight is 206 g/mol. The van der Waals surface area contributed by atoms with Gasteiger partial charge in [0.05, 0.1) is 24.2 Å². The van der Waals surface area contributed by atoms with Gasteiger partial charge >= 0.3 is 0 Å². The summed E-state index contributed by atoms with van der Waals surface area (Å²) < 4.78 is 7.05. The van der Waals surface area contributed by atoms with E-state index in [0.29, 0.717) is 0 Å². The van der Waals surface area contributed by atoms with Gasteiger partial charge in [0.1, 0.15) is 5.76 Å². The molecule has 0 aliphatic carbocycles. The topological polar surface area (TPSA) is 55.9 Å². The van der Waals surface area contributed by atoms with Crippen LogP contribution >= 0.6 is 0 Å². The fourth-order valence-electron chi connectivity index (χ4n) is 1.37. The van der Waals surface area contributed by atoms with Crippen molar-refractivity contribution in [1.29, 1.82) is 0 Å². The van der Waals surface area contributed by atoms with Gasteiger partial charge < -0.3 is 9.73 Å². The van der Waals surface area contributed by atoms with Gasteiger partial charge in [-0.2, -0.15) is 0 Å². The van der Waals surface area contributed by atoms with E-state index in [4.69, 9.17) is 4.42 Å². The van der Waals surface area contributed by atoms with E-state index in [-0.39, 0.29) is 6.04 Å². The third-order valence-electron chi connectivity index (χ3n) is 2.37. The lowest BCUT2D eigenvalue weighted by Crippen LogP contribution is -2.19. The summed E-state index contributed by atoms with van der Waals surface area (Å²) in [6.07, 6.45) is 3.43. The van der Waals surface area contributed by atoms with Gasteiger partial charge in [-0.25, -0.2) is 0 Å². The minimum absolute atomic E-state index is 0.190. The largest absolute Gasteiger partial charge is 0.468 e. The molecule has 1 atom stereocenters. The van der Waals surface area contributed by atoms with Crippen molar-refractivity contribution in [2.75, 3.05) is 0 Å². The number of nitrogens with zero attached hydrogens (tertiary/aromatic N) is 3. The summed E-state index contributed by atoms with van der Waals surface area (Å²) >= 11 is 0. The molecule has 2 rings (SSSR count). The molecule has 2 heterocycles. The lowest BCUT2D eigenvalue weighted by molar-refractivity contribution is 0.425. The van der Waals surface area contributed by atoms with Crippen molar-refractivity contribution in [3.63, 3.8) is 0 Å². The second-order valence-corrected chi connectivity index (χ2v) is 3.47. The molecule has 0 fully saturated rings. The Labute approximate surface area is 88.1 Å². The summed E-state index contributed by atoms with van der Waals surface area (Å²) in [6, 6.07) is 4.04. The highest BCUT2D eigenvalue weighted by Gasteiger charge is 2.08. The lowest BCUT2D eigenvalue weighted by atomic mass is 10.2. The van der Waals surface area contributed by atoms with E-state index in [1.807, 2.05) is 19.2 Å². The first-order valence-corrected chi connectivity index (χ1v) is 4.87. The first-order chi connectivity index (χ1) is 7.27. The molecule has 0 aliphatic heterocycles. The molecule has 5 nitrogen and oxygen atoms in total. The molecule has 1 N–H and O–H groups in total. The zero-order valence-electron chi connectivity index (χ0n) is 8.84. The van der Waals surface area contributed by atoms with Crippen LogP contribution in [0.3, 0.4) is 0 Å². The van der Waals surface area contributed by atoms with E-state index in [1.54, 1.807) is 17.1 Å². The van der Waals surface area contributed by atoms with Gasteiger partial charge in [-0.05, 0) is 19.1 Å². The van der Waals surface area contributed by atoms with Crippen molar-refractivity contribution < 1.29 is 4.42 Å². The van der Waals surface area contributed by atoms with Gasteiger partial charge in [0.25, 0.3) is 0 Å². The van der Waals surface area contributed by atoms with Crippen molar-refractivity contribution in [1.82, 2.24) is 20.3 Å². The molecule has 15 heavy (non-hydrogen) atoms. The van der Waals surface area contributed by atoms with Crippen molar-refractivity contribution in [2.24, 2.45) is 7.05 Å². The first kappa shape index (κ1) is 9.92. The normalized spacial score (nSPS) is 12.9. The Morgan fingerprint density at radius 1 is 1.60 bits per heavy atom. The van der Waals surface area contributed by atoms with Crippen LogP contribution in [-0.2, 0) is 13.6 Å². The maximum atomic E-state index is 5.29. The van der Waals surface area contributed by atoms with Crippen LogP contribution in [0.15, 0.2) is 29.0 Å². The Bertz CT molecular complexity index is 407. The SMILES string of the molecule is CC(NCc1cnnn1C)c1ccco1. The summed E-state index contributed by atoms with van der Waals surface area (Å²) in [7, 11) is 1.88. The summed E-state index contributed by atoms with van der Waals surface area (Å²) in [4.78, 5) is 0. The summed E-state index contributed by atoms with van der Waals surface area (Å²) in [6.45, 7) is 2.79. The quantitative estimate of drug-likeness (QED) is 0.818. The van der Waals surface area contributed by atoms with Crippen LogP contribution in [0.5, 0.6) is 0 Å².